The van der Waals surface area contributed by atoms with Crippen LogP contribution >= 0.6 is 27.5 Å². The zero-order valence-electron chi connectivity index (χ0n) is 8.00. The summed E-state index contributed by atoms with van der Waals surface area (Å²) in [6.07, 6.45) is 0. The molecule has 0 aromatic heterocycles. The normalized spacial score (nSPS) is 19.4. The summed E-state index contributed by atoms with van der Waals surface area (Å²) in [6.45, 7) is 1.35. The Morgan fingerprint density at radius 1 is 1.40 bits per heavy atom. The van der Waals surface area contributed by atoms with Gasteiger partial charge in [-0.2, -0.15) is 0 Å². The standard InChI is InChI=1S/C10H11BrClNO2/c11-7-1-2-8(9(12)5-7)10(6-13)14-3-4-15-10/h1-2,5H,3-4,6,13H2. The zero-order valence-corrected chi connectivity index (χ0v) is 10.3. The Balaban J connectivity index is 2.42. The number of halogens is 2. The van der Waals surface area contributed by atoms with Crippen molar-refractivity contribution in [2.24, 2.45) is 5.73 Å². The molecule has 15 heavy (non-hydrogen) atoms. The third-order valence-corrected chi connectivity index (χ3v) is 3.17. The predicted molar refractivity (Wildman–Crippen MR) is 61.8 cm³/mol. The number of ether oxygens (including phenoxy) is 2. The Kier molecular flexibility index (Phi) is 3.33. The molecule has 0 unspecified atom stereocenters. The first kappa shape index (κ1) is 11.4. The van der Waals surface area contributed by atoms with Gasteiger partial charge in [0.1, 0.15) is 0 Å². The first-order chi connectivity index (χ1) is 7.18. The largest absolute Gasteiger partial charge is 0.342 e. The Hall–Kier alpha value is -0.130. The van der Waals surface area contributed by atoms with Crippen molar-refractivity contribution in [3.63, 3.8) is 0 Å². The van der Waals surface area contributed by atoms with Crippen molar-refractivity contribution in [3.8, 4) is 0 Å². The van der Waals surface area contributed by atoms with Gasteiger partial charge in [-0.1, -0.05) is 33.6 Å². The molecule has 1 aromatic rings. The molecule has 0 spiro atoms. The van der Waals surface area contributed by atoms with Crippen molar-refractivity contribution in [2.75, 3.05) is 19.8 Å². The average Bonchev–Trinajstić information content (AvgIpc) is 2.67. The molecule has 1 saturated heterocycles. The predicted octanol–water partition coefficient (Wildman–Crippen LogP) is 2.26. The van der Waals surface area contributed by atoms with Crippen LogP contribution < -0.4 is 5.73 Å². The fraction of sp³-hybridized carbons (Fsp3) is 0.400. The fourth-order valence-corrected chi connectivity index (χ4v) is 2.45. The molecule has 1 aromatic carbocycles. The maximum absolute atomic E-state index is 6.13. The topological polar surface area (TPSA) is 44.5 Å². The Morgan fingerprint density at radius 2 is 2.07 bits per heavy atom. The van der Waals surface area contributed by atoms with E-state index in [9.17, 15) is 0 Å². The van der Waals surface area contributed by atoms with Gasteiger partial charge in [-0.25, -0.2) is 0 Å². The van der Waals surface area contributed by atoms with Crippen LogP contribution in [0.15, 0.2) is 22.7 Å². The molecule has 1 aliphatic heterocycles. The van der Waals surface area contributed by atoms with Crippen molar-refractivity contribution < 1.29 is 9.47 Å². The number of hydrogen-bond acceptors (Lipinski definition) is 3. The summed E-state index contributed by atoms with van der Waals surface area (Å²) in [5, 5.41) is 0.594. The van der Waals surface area contributed by atoms with E-state index in [4.69, 9.17) is 26.8 Å². The minimum Gasteiger partial charge on any atom is -0.342 e. The first-order valence-electron chi connectivity index (χ1n) is 4.61. The van der Waals surface area contributed by atoms with E-state index >= 15 is 0 Å². The van der Waals surface area contributed by atoms with E-state index in [1.165, 1.54) is 0 Å². The molecular formula is C10H11BrClNO2. The van der Waals surface area contributed by atoms with Gasteiger partial charge in [0, 0.05) is 10.0 Å². The van der Waals surface area contributed by atoms with Crippen molar-refractivity contribution in [1.82, 2.24) is 0 Å². The van der Waals surface area contributed by atoms with E-state index in [0.29, 0.717) is 18.2 Å². The van der Waals surface area contributed by atoms with Gasteiger partial charge >= 0.3 is 0 Å². The lowest BCUT2D eigenvalue weighted by Crippen LogP contribution is -2.36. The van der Waals surface area contributed by atoms with Crippen molar-refractivity contribution >= 4 is 27.5 Å². The molecule has 1 aliphatic rings. The molecule has 0 aliphatic carbocycles. The van der Waals surface area contributed by atoms with Crippen LogP contribution in [-0.4, -0.2) is 19.8 Å². The smallest absolute Gasteiger partial charge is 0.209 e. The quantitative estimate of drug-likeness (QED) is 0.909. The summed E-state index contributed by atoms with van der Waals surface area (Å²) in [6, 6.07) is 5.56. The van der Waals surface area contributed by atoms with Crippen LogP contribution in [0.3, 0.4) is 0 Å². The van der Waals surface area contributed by atoms with Crippen LogP contribution in [0.5, 0.6) is 0 Å². The summed E-state index contributed by atoms with van der Waals surface area (Å²) in [5.74, 6) is -0.863. The van der Waals surface area contributed by atoms with Crippen molar-refractivity contribution in [2.45, 2.75) is 5.79 Å². The summed E-state index contributed by atoms with van der Waals surface area (Å²) >= 11 is 9.48. The van der Waals surface area contributed by atoms with E-state index in [0.717, 1.165) is 10.0 Å². The van der Waals surface area contributed by atoms with Gasteiger partial charge in [0.2, 0.25) is 5.79 Å². The molecular weight excluding hydrogens is 281 g/mol. The molecule has 0 atom stereocenters. The third-order valence-electron chi connectivity index (χ3n) is 2.36. The van der Waals surface area contributed by atoms with Crippen LogP contribution in [0.1, 0.15) is 5.56 Å². The molecule has 2 N–H and O–H groups in total. The van der Waals surface area contributed by atoms with Crippen LogP contribution in [0, 0.1) is 0 Å². The van der Waals surface area contributed by atoms with Gasteiger partial charge in [0.15, 0.2) is 0 Å². The zero-order chi connectivity index (χ0) is 10.9. The fourth-order valence-electron chi connectivity index (χ4n) is 1.64. The summed E-state index contributed by atoms with van der Waals surface area (Å²) in [4.78, 5) is 0. The third kappa shape index (κ3) is 2.05. The molecule has 0 amide bonds. The molecule has 5 heteroatoms. The van der Waals surface area contributed by atoms with E-state index in [1.807, 2.05) is 12.1 Å². The minimum atomic E-state index is -0.863. The highest BCUT2D eigenvalue weighted by Crippen LogP contribution is 2.36. The SMILES string of the molecule is NCC1(c2ccc(Br)cc2Cl)OCCO1. The van der Waals surface area contributed by atoms with E-state index < -0.39 is 5.79 Å². The van der Waals surface area contributed by atoms with E-state index in [2.05, 4.69) is 15.9 Å². The highest BCUT2D eigenvalue weighted by Gasteiger charge is 2.38. The van der Waals surface area contributed by atoms with Crippen LogP contribution in [0.4, 0.5) is 0 Å². The number of nitrogens with two attached hydrogens (primary N) is 1. The molecule has 2 rings (SSSR count). The molecule has 82 valence electrons. The number of hydrogen-bond donors (Lipinski definition) is 1. The first-order valence-corrected chi connectivity index (χ1v) is 5.78. The van der Waals surface area contributed by atoms with Gasteiger partial charge in [-0.15, -0.1) is 0 Å². The van der Waals surface area contributed by atoms with Gasteiger partial charge in [0.25, 0.3) is 0 Å². The Morgan fingerprint density at radius 3 is 2.60 bits per heavy atom. The second-order valence-corrected chi connectivity index (χ2v) is 4.60. The van der Waals surface area contributed by atoms with Crippen LogP contribution in [0.2, 0.25) is 5.02 Å². The molecule has 3 nitrogen and oxygen atoms in total. The highest BCUT2D eigenvalue weighted by atomic mass is 79.9. The Labute approximate surface area is 102 Å². The summed E-state index contributed by atoms with van der Waals surface area (Å²) < 4.78 is 12.0. The number of rotatable bonds is 2. The lowest BCUT2D eigenvalue weighted by atomic mass is 10.1. The lowest BCUT2D eigenvalue weighted by molar-refractivity contribution is -0.156. The number of benzene rings is 1. The molecule has 1 fully saturated rings. The minimum absolute atomic E-state index is 0.258. The van der Waals surface area contributed by atoms with Gasteiger partial charge in [-0.05, 0) is 12.1 Å². The summed E-state index contributed by atoms with van der Waals surface area (Å²) in [7, 11) is 0. The van der Waals surface area contributed by atoms with Gasteiger partial charge in [0.05, 0.1) is 24.8 Å². The second kappa shape index (κ2) is 4.39. The average molecular weight is 293 g/mol. The molecule has 0 saturated carbocycles. The molecule has 0 bridgehead atoms. The lowest BCUT2D eigenvalue weighted by Gasteiger charge is -2.26. The maximum Gasteiger partial charge on any atom is 0.209 e. The van der Waals surface area contributed by atoms with E-state index in [-0.39, 0.29) is 6.54 Å². The van der Waals surface area contributed by atoms with Crippen molar-refractivity contribution in [3.05, 3.63) is 33.3 Å². The summed E-state index contributed by atoms with van der Waals surface area (Å²) in [5.41, 5.74) is 6.47. The second-order valence-electron chi connectivity index (χ2n) is 3.28. The monoisotopic (exact) mass is 291 g/mol. The van der Waals surface area contributed by atoms with Gasteiger partial charge in [-0.3, -0.25) is 0 Å². The molecule has 0 radical (unpaired) electrons. The van der Waals surface area contributed by atoms with Crippen LogP contribution in [0.25, 0.3) is 0 Å². The Bertz CT molecular complexity index is 366. The van der Waals surface area contributed by atoms with E-state index in [1.54, 1.807) is 6.07 Å². The van der Waals surface area contributed by atoms with Crippen LogP contribution in [-0.2, 0) is 15.3 Å². The van der Waals surface area contributed by atoms with Crippen molar-refractivity contribution in [1.29, 1.82) is 0 Å². The maximum atomic E-state index is 6.13. The van der Waals surface area contributed by atoms with Gasteiger partial charge < -0.3 is 15.2 Å². The highest BCUT2D eigenvalue weighted by molar-refractivity contribution is 9.10. The molecule has 1 heterocycles.